The van der Waals surface area contributed by atoms with Crippen LogP contribution in [0.15, 0.2) is 30.3 Å². The van der Waals surface area contributed by atoms with Gasteiger partial charge in [-0.2, -0.15) is 5.26 Å². The molecule has 1 saturated carbocycles. The molecule has 0 N–H and O–H groups in total. The molecule has 3 rings (SSSR count). The minimum absolute atomic E-state index is 0.0685. The van der Waals surface area contributed by atoms with E-state index in [0.717, 1.165) is 45.3 Å². The molecule has 1 saturated heterocycles. The van der Waals surface area contributed by atoms with Crippen LogP contribution in [0.25, 0.3) is 0 Å². The number of piperazine rings is 1. The van der Waals surface area contributed by atoms with Crippen LogP contribution in [0.2, 0.25) is 0 Å². The summed E-state index contributed by atoms with van der Waals surface area (Å²) in [5.74, 6) is 0.0685. The van der Waals surface area contributed by atoms with Gasteiger partial charge >= 0.3 is 0 Å². The second-order valence-corrected chi connectivity index (χ2v) is 7.82. The standard InChI is InChI=1S/C21H30N4O/c1-23-13-14-25(19(15-23)18-9-5-3-6-10-18)16-20(26)24(2)21(17-22)11-7-4-8-12-21/h3,5-6,9-10,19H,4,7-8,11-16H2,1-2H3. The van der Waals surface area contributed by atoms with E-state index in [1.807, 2.05) is 13.1 Å². The monoisotopic (exact) mass is 354 g/mol. The van der Waals surface area contributed by atoms with Gasteiger partial charge in [0, 0.05) is 32.7 Å². The van der Waals surface area contributed by atoms with E-state index < -0.39 is 5.54 Å². The van der Waals surface area contributed by atoms with Crippen molar-refractivity contribution in [3.63, 3.8) is 0 Å². The number of amides is 1. The van der Waals surface area contributed by atoms with E-state index in [4.69, 9.17) is 0 Å². The summed E-state index contributed by atoms with van der Waals surface area (Å²) in [6.45, 7) is 3.14. The Morgan fingerprint density at radius 1 is 1.23 bits per heavy atom. The van der Waals surface area contributed by atoms with Crippen LogP contribution in [0, 0.1) is 11.3 Å². The summed E-state index contributed by atoms with van der Waals surface area (Å²) < 4.78 is 0. The zero-order valence-corrected chi connectivity index (χ0v) is 16.0. The summed E-state index contributed by atoms with van der Waals surface area (Å²) in [7, 11) is 3.96. The maximum atomic E-state index is 13.1. The Bertz CT molecular complexity index is 648. The second-order valence-electron chi connectivity index (χ2n) is 7.82. The van der Waals surface area contributed by atoms with Crippen molar-refractivity contribution in [2.24, 2.45) is 0 Å². The van der Waals surface area contributed by atoms with Gasteiger partial charge in [-0.15, -0.1) is 0 Å². The Kier molecular flexibility index (Phi) is 5.95. The molecule has 0 radical (unpaired) electrons. The molecule has 0 aromatic heterocycles. The highest BCUT2D eigenvalue weighted by Crippen LogP contribution is 2.33. The first kappa shape index (κ1) is 18.9. The van der Waals surface area contributed by atoms with Crippen LogP contribution in [0.1, 0.15) is 43.7 Å². The summed E-state index contributed by atoms with van der Waals surface area (Å²) in [5.41, 5.74) is 0.645. The van der Waals surface area contributed by atoms with E-state index in [-0.39, 0.29) is 11.9 Å². The van der Waals surface area contributed by atoms with Gasteiger partial charge in [0.1, 0.15) is 5.54 Å². The van der Waals surface area contributed by atoms with Crippen LogP contribution < -0.4 is 0 Å². The van der Waals surface area contributed by atoms with Crippen LogP contribution in [-0.2, 0) is 4.79 Å². The highest BCUT2D eigenvalue weighted by Gasteiger charge is 2.40. The van der Waals surface area contributed by atoms with Gasteiger partial charge in [0.05, 0.1) is 12.6 Å². The fraction of sp³-hybridized carbons (Fsp3) is 0.619. The van der Waals surface area contributed by atoms with Gasteiger partial charge in [0.15, 0.2) is 0 Å². The van der Waals surface area contributed by atoms with Crippen molar-refractivity contribution in [1.82, 2.24) is 14.7 Å². The third kappa shape index (κ3) is 3.92. The van der Waals surface area contributed by atoms with Crippen molar-refractivity contribution < 1.29 is 4.79 Å². The number of rotatable bonds is 4. The third-order valence-electron chi connectivity index (χ3n) is 6.12. The van der Waals surface area contributed by atoms with Gasteiger partial charge in [-0.25, -0.2) is 0 Å². The van der Waals surface area contributed by atoms with Crippen LogP contribution in [0.5, 0.6) is 0 Å². The summed E-state index contributed by atoms with van der Waals surface area (Å²) in [6.07, 6.45) is 4.84. The van der Waals surface area contributed by atoms with Gasteiger partial charge in [0.25, 0.3) is 0 Å². The first-order chi connectivity index (χ1) is 12.6. The Morgan fingerprint density at radius 3 is 2.58 bits per heavy atom. The highest BCUT2D eigenvalue weighted by atomic mass is 16.2. The molecule has 140 valence electrons. The molecular weight excluding hydrogens is 324 g/mol. The quantitative estimate of drug-likeness (QED) is 0.834. The average Bonchev–Trinajstić information content (AvgIpc) is 2.69. The molecule has 1 aromatic carbocycles. The Hall–Kier alpha value is -1.90. The maximum absolute atomic E-state index is 13.1. The summed E-state index contributed by atoms with van der Waals surface area (Å²) in [4.78, 5) is 19.4. The predicted molar refractivity (Wildman–Crippen MR) is 102 cm³/mol. The molecule has 0 bridgehead atoms. The number of hydrogen-bond acceptors (Lipinski definition) is 4. The normalized spacial score (nSPS) is 24.0. The van der Waals surface area contributed by atoms with Crippen molar-refractivity contribution in [1.29, 1.82) is 5.26 Å². The summed E-state index contributed by atoms with van der Waals surface area (Å²) >= 11 is 0. The first-order valence-electron chi connectivity index (χ1n) is 9.71. The van der Waals surface area contributed by atoms with E-state index in [2.05, 4.69) is 47.2 Å². The molecule has 1 unspecified atom stereocenters. The van der Waals surface area contributed by atoms with Crippen molar-refractivity contribution in [3.8, 4) is 6.07 Å². The molecule has 5 heteroatoms. The number of likely N-dealkylation sites (N-methyl/N-ethyl adjacent to an activating group) is 2. The van der Waals surface area contributed by atoms with Gasteiger partial charge in [-0.1, -0.05) is 49.6 Å². The predicted octanol–water partition coefficient (Wildman–Crippen LogP) is 2.66. The smallest absolute Gasteiger partial charge is 0.237 e. The van der Waals surface area contributed by atoms with Gasteiger partial charge in [-0.3, -0.25) is 9.69 Å². The molecule has 26 heavy (non-hydrogen) atoms. The highest BCUT2D eigenvalue weighted by molar-refractivity contribution is 5.79. The zero-order chi connectivity index (χ0) is 18.6. The fourth-order valence-corrected chi connectivity index (χ4v) is 4.32. The van der Waals surface area contributed by atoms with E-state index in [0.29, 0.717) is 6.54 Å². The van der Waals surface area contributed by atoms with Gasteiger partial charge < -0.3 is 9.80 Å². The molecule has 1 aliphatic carbocycles. The number of carbonyl (C=O) groups excluding carboxylic acids is 1. The molecule has 2 fully saturated rings. The lowest BCUT2D eigenvalue weighted by Crippen LogP contribution is -2.55. The lowest BCUT2D eigenvalue weighted by molar-refractivity contribution is -0.137. The molecule has 1 amide bonds. The topological polar surface area (TPSA) is 50.6 Å². The fourth-order valence-electron chi connectivity index (χ4n) is 4.32. The van der Waals surface area contributed by atoms with E-state index in [1.54, 1.807) is 4.90 Å². The van der Waals surface area contributed by atoms with Crippen LogP contribution in [-0.4, -0.2) is 66.4 Å². The van der Waals surface area contributed by atoms with Crippen molar-refractivity contribution in [2.45, 2.75) is 43.7 Å². The Balaban J connectivity index is 1.73. The lowest BCUT2D eigenvalue weighted by atomic mass is 9.81. The summed E-state index contributed by atoms with van der Waals surface area (Å²) in [5, 5.41) is 9.77. The Labute approximate surface area is 157 Å². The molecule has 1 heterocycles. The molecular formula is C21H30N4O. The molecule has 1 atom stereocenters. The van der Waals surface area contributed by atoms with Crippen LogP contribution in [0.4, 0.5) is 0 Å². The van der Waals surface area contributed by atoms with Crippen molar-refractivity contribution >= 4 is 5.91 Å². The lowest BCUT2D eigenvalue weighted by Gasteiger charge is -2.43. The van der Waals surface area contributed by atoms with Gasteiger partial charge in [0.2, 0.25) is 5.91 Å². The minimum atomic E-state index is -0.607. The zero-order valence-electron chi connectivity index (χ0n) is 16.0. The molecule has 0 spiro atoms. The Morgan fingerprint density at radius 2 is 1.92 bits per heavy atom. The maximum Gasteiger partial charge on any atom is 0.237 e. The summed E-state index contributed by atoms with van der Waals surface area (Å²) in [6, 6.07) is 13.1. The average molecular weight is 354 g/mol. The number of hydrogen-bond donors (Lipinski definition) is 0. The largest absolute Gasteiger partial charge is 0.326 e. The first-order valence-corrected chi connectivity index (χ1v) is 9.71. The molecule has 2 aliphatic rings. The SMILES string of the molecule is CN1CCN(CC(=O)N(C)C2(C#N)CCCCC2)C(c2ccccc2)C1. The molecule has 1 aliphatic heterocycles. The van der Waals surface area contributed by atoms with Crippen molar-refractivity contribution in [3.05, 3.63) is 35.9 Å². The second kappa shape index (κ2) is 8.20. The van der Waals surface area contributed by atoms with Crippen LogP contribution in [0.3, 0.4) is 0 Å². The molecule has 5 nitrogen and oxygen atoms in total. The van der Waals surface area contributed by atoms with Crippen molar-refractivity contribution in [2.75, 3.05) is 40.3 Å². The third-order valence-corrected chi connectivity index (χ3v) is 6.12. The van der Waals surface area contributed by atoms with Gasteiger partial charge in [-0.05, 0) is 25.5 Å². The molecule has 1 aromatic rings. The number of nitrogens with zero attached hydrogens (tertiary/aromatic N) is 4. The van der Waals surface area contributed by atoms with E-state index >= 15 is 0 Å². The van der Waals surface area contributed by atoms with E-state index in [9.17, 15) is 10.1 Å². The van der Waals surface area contributed by atoms with E-state index in [1.165, 1.54) is 12.0 Å². The van der Waals surface area contributed by atoms with Crippen LogP contribution >= 0.6 is 0 Å². The minimum Gasteiger partial charge on any atom is -0.326 e. The number of carbonyl (C=O) groups is 1. The number of nitriles is 1. The number of benzene rings is 1.